The number of hydrogen-bond acceptors (Lipinski definition) is 4. The van der Waals surface area contributed by atoms with Crippen LogP contribution in [0.2, 0.25) is 0 Å². The van der Waals surface area contributed by atoms with E-state index in [2.05, 4.69) is 20.5 Å². The molecular formula is C21H19F2N5O2. The zero-order valence-electron chi connectivity index (χ0n) is 15.9. The van der Waals surface area contributed by atoms with E-state index >= 15 is 0 Å². The predicted molar refractivity (Wildman–Crippen MR) is 105 cm³/mol. The van der Waals surface area contributed by atoms with E-state index in [4.69, 9.17) is 0 Å². The number of halogens is 2. The monoisotopic (exact) mass is 411 g/mol. The van der Waals surface area contributed by atoms with Gasteiger partial charge in [0, 0.05) is 31.3 Å². The van der Waals surface area contributed by atoms with Gasteiger partial charge in [-0.25, -0.2) is 8.78 Å². The number of aromatic amines is 1. The summed E-state index contributed by atoms with van der Waals surface area (Å²) in [6.45, 7) is 0.779. The number of aromatic nitrogens is 3. The lowest BCUT2D eigenvalue weighted by Gasteiger charge is -2.31. The van der Waals surface area contributed by atoms with Crippen LogP contribution < -0.4 is 5.32 Å². The molecule has 9 heteroatoms. The van der Waals surface area contributed by atoms with E-state index in [0.29, 0.717) is 43.0 Å². The largest absolute Gasteiger partial charge is 0.337 e. The van der Waals surface area contributed by atoms with E-state index in [9.17, 15) is 18.4 Å². The highest BCUT2D eigenvalue weighted by Gasteiger charge is 2.29. The average molecular weight is 411 g/mol. The van der Waals surface area contributed by atoms with Crippen LogP contribution in [-0.4, -0.2) is 45.0 Å². The van der Waals surface area contributed by atoms with Crippen molar-refractivity contribution in [2.24, 2.45) is 5.92 Å². The highest BCUT2D eigenvalue weighted by Crippen LogP contribution is 2.23. The first-order valence-electron chi connectivity index (χ1n) is 9.53. The summed E-state index contributed by atoms with van der Waals surface area (Å²) in [5, 5.41) is 9.39. The van der Waals surface area contributed by atoms with Gasteiger partial charge in [-0.3, -0.25) is 19.7 Å². The summed E-state index contributed by atoms with van der Waals surface area (Å²) in [5.74, 6) is -2.43. The van der Waals surface area contributed by atoms with Gasteiger partial charge in [0.25, 0.3) is 5.91 Å². The zero-order chi connectivity index (χ0) is 21.1. The molecule has 154 valence electrons. The third kappa shape index (κ3) is 4.19. The first-order valence-corrected chi connectivity index (χ1v) is 9.53. The van der Waals surface area contributed by atoms with Crippen LogP contribution in [0.5, 0.6) is 0 Å². The highest BCUT2D eigenvalue weighted by atomic mass is 19.1. The Morgan fingerprint density at radius 2 is 1.87 bits per heavy atom. The van der Waals surface area contributed by atoms with Gasteiger partial charge < -0.3 is 10.2 Å². The first kappa shape index (κ1) is 19.7. The molecule has 3 aromatic rings. The van der Waals surface area contributed by atoms with Gasteiger partial charge >= 0.3 is 0 Å². The van der Waals surface area contributed by atoms with Crippen molar-refractivity contribution >= 4 is 17.5 Å². The molecule has 0 bridgehead atoms. The molecule has 0 spiro atoms. The second kappa shape index (κ2) is 8.40. The van der Waals surface area contributed by atoms with Crippen molar-refractivity contribution < 1.29 is 18.4 Å². The Bertz CT molecular complexity index is 1060. The Kier molecular flexibility index (Phi) is 5.51. The number of H-pyrrole nitrogens is 1. The minimum Gasteiger partial charge on any atom is -0.337 e. The number of anilines is 1. The highest BCUT2D eigenvalue weighted by molar-refractivity contribution is 5.94. The molecule has 3 heterocycles. The Labute approximate surface area is 171 Å². The SMILES string of the molecule is O=C(Nc1ccc(F)cc1F)C1CCN(C(=O)c2cc(-c3ccccn3)n[nH]2)CC1. The normalized spacial score (nSPS) is 14.5. The molecule has 30 heavy (non-hydrogen) atoms. The van der Waals surface area contributed by atoms with Crippen molar-refractivity contribution in [2.45, 2.75) is 12.8 Å². The summed E-state index contributed by atoms with van der Waals surface area (Å²) in [5.41, 5.74) is 1.54. The average Bonchev–Trinajstić information content (AvgIpc) is 3.26. The fourth-order valence-electron chi connectivity index (χ4n) is 3.42. The van der Waals surface area contributed by atoms with Crippen LogP contribution in [0.25, 0.3) is 11.4 Å². The van der Waals surface area contributed by atoms with Crippen LogP contribution in [0, 0.1) is 17.6 Å². The predicted octanol–water partition coefficient (Wildman–Crippen LogP) is 3.24. The lowest BCUT2D eigenvalue weighted by atomic mass is 9.95. The number of carbonyl (C=O) groups excluding carboxylic acids is 2. The lowest BCUT2D eigenvalue weighted by Crippen LogP contribution is -2.41. The molecule has 2 amide bonds. The van der Waals surface area contributed by atoms with Gasteiger partial charge in [-0.15, -0.1) is 0 Å². The Morgan fingerprint density at radius 1 is 1.07 bits per heavy atom. The molecule has 7 nitrogen and oxygen atoms in total. The van der Waals surface area contributed by atoms with E-state index in [1.165, 1.54) is 6.07 Å². The topological polar surface area (TPSA) is 91.0 Å². The number of hydrogen-bond donors (Lipinski definition) is 2. The van der Waals surface area contributed by atoms with E-state index < -0.39 is 11.6 Å². The summed E-state index contributed by atoms with van der Waals surface area (Å²) >= 11 is 0. The van der Waals surface area contributed by atoms with Gasteiger partial charge in [-0.05, 0) is 43.2 Å². The van der Waals surface area contributed by atoms with Gasteiger partial charge in [0.1, 0.15) is 23.0 Å². The van der Waals surface area contributed by atoms with E-state index in [1.807, 2.05) is 6.07 Å². The summed E-state index contributed by atoms with van der Waals surface area (Å²) in [7, 11) is 0. The van der Waals surface area contributed by atoms with Crippen molar-refractivity contribution in [3.05, 3.63) is 66.0 Å². The van der Waals surface area contributed by atoms with Crippen LogP contribution in [0.15, 0.2) is 48.7 Å². The standard InChI is InChI=1S/C21H19F2N5O2/c22-14-4-5-16(15(23)11-14)25-20(29)13-6-9-28(10-7-13)21(30)19-12-18(26-27-19)17-3-1-2-8-24-17/h1-5,8,11-13H,6-7,9-10H2,(H,25,29)(H,26,27). The molecule has 0 atom stereocenters. The Morgan fingerprint density at radius 3 is 2.57 bits per heavy atom. The van der Waals surface area contributed by atoms with E-state index in [1.54, 1.807) is 29.3 Å². The van der Waals surface area contributed by atoms with Crippen molar-refractivity contribution in [3.63, 3.8) is 0 Å². The summed E-state index contributed by atoms with van der Waals surface area (Å²) in [4.78, 5) is 31.0. The second-order valence-electron chi connectivity index (χ2n) is 7.06. The second-order valence-corrected chi connectivity index (χ2v) is 7.06. The molecule has 0 saturated carbocycles. The van der Waals surface area contributed by atoms with Gasteiger partial charge in [-0.1, -0.05) is 6.07 Å². The number of nitrogens with one attached hydrogen (secondary N) is 2. The van der Waals surface area contributed by atoms with Gasteiger partial charge in [0.2, 0.25) is 5.91 Å². The number of carbonyl (C=O) groups is 2. The molecule has 1 aromatic carbocycles. The van der Waals surface area contributed by atoms with Crippen LogP contribution in [0.4, 0.5) is 14.5 Å². The van der Waals surface area contributed by atoms with Crippen LogP contribution in [0.3, 0.4) is 0 Å². The molecule has 2 N–H and O–H groups in total. The minimum atomic E-state index is -0.820. The molecule has 1 saturated heterocycles. The van der Waals surface area contributed by atoms with Gasteiger partial charge in [0.05, 0.1) is 11.4 Å². The molecule has 1 aliphatic rings. The molecule has 0 aliphatic carbocycles. The van der Waals surface area contributed by atoms with Crippen LogP contribution in [0.1, 0.15) is 23.3 Å². The zero-order valence-corrected chi connectivity index (χ0v) is 15.9. The molecule has 0 radical (unpaired) electrons. The number of rotatable bonds is 4. The Hall–Kier alpha value is -3.62. The minimum absolute atomic E-state index is 0.0561. The molecule has 4 rings (SSSR count). The number of likely N-dealkylation sites (tertiary alicyclic amines) is 1. The maximum atomic E-state index is 13.7. The van der Waals surface area contributed by atoms with E-state index in [-0.39, 0.29) is 23.4 Å². The third-order valence-corrected chi connectivity index (χ3v) is 5.08. The third-order valence-electron chi connectivity index (χ3n) is 5.08. The van der Waals surface area contributed by atoms with Crippen molar-refractivity contribution in [3.8, 4) is 11.4 Å². The van der Waals surface area contributed by atoms with Crippen molar-refractivity contribution in [1.82, 2.24) is 20.1 Å². The molecule has 0 unspecified atom stereocenters. The maximum Gasteiger partial charge on any atom is 0.271 e. The van der Waals surface area contributed by atoms with Crippen LogP contribution >= 0.6 is 0 Å². The van der Waals surface area contributed by atoms with Gasteiger partial charge in [-0.2, -0.15) is 5.10 Å². The quantitative estimate of drug-likeness (QED) is 0.690. The molecule has 1 aliphatic heterocycles. The van der Waals surface area contributed by atoms with E-state index in [0.717, 1.165) is 12.1 Å². The first-order chi connectivity index (χ1) is 14.5. The Balaban J connectivity index is 1.34. The molecule has 1 fully saturated rings. The number of piperidine rings is 1. The fraction of sp³-hybridized carbons (Fsp3) is 0.238. The maximum absolute atomic E-state index is 13.7. The van der Waals surface area contributed by atoms with Crippen molar-refractivity contribution in [2.75, 3.05) is 18.4 Å². The summed E-state index contributed by atoms with van der Waals surface area (Å²) < 4.78 is 26.7. The number of amides is 2. The summed E-state index contributed by atoms with van der Waals surface area (Å²) in [6, 6.07) is 10.1. The summed E-state index contributed by atoms with van der Waals surface area (Å²) in [6.07, 6.45) is 2.54. The van der Waals surface area contributed by atoms with Crippen LogP contribution in [-0.2, 0) is 4.79 Å². The lowest BCUT2D eigenvalue weighted by molar-refractivity contribution is -0.121. The molecular weight excluding hydrogens is 392 g/mol. The smallest absolute Gasteiger partial charge is 0.271 e. The van der Waals surface area contributed by atoms with Crippen molar-refractivity contribution in [1.29, 1.82) is 0 Å². The fourth-order valence-corrected chi connectivity index (χ4v) is 3.42. The number of nitrogens with zero attached hydrogens (tertiary/aromatic N) is 3. The number of benzene rings is 1. The molecule has 2 aromatic heterocycles. The van der Waals surface area contributed by atoms with Gasteiger partial charge in [0.15, 0.2) is 0 Å². The number of pyridine rings is 1.